The lowest BCUT2D eigenvalue weighted by Crippen LogP contribution is -1.94. The van der Waals surface area contributed by atoms with E-state index in [2.05, 4.69) is 10.2 Å². The summed E-state index contributed by atoms with van der Waals surface area (Å²) in [6.07, 6.45) is 0. The Bertz CT molecular complexity index is 538. The summed E-state index contributed by atoms with van der Waals surface area (Å²) in [5.41, 5.74) is 7.37. The Labute approximate surface area is 109 Å². The number of thioether (sulfide) groups is 1. The van der Waals surface area contributed by atoms with Gasteiger partial charge in [0.15, 0.2) is 5.16 Å². The van der Waals surface area contributed by atoms with Crippen molar-refractivity contribution in [2.75, 3.05) is 5.73 Å². The molecule has 0 saturated carbocycles. The molecule has 17 heavy (non-hydrogen) atoms. The van der Waals surface area contributed by atoms with Crippen LogP contribution in [-0.4, -0.2) is 14.8 Å². The second-order valence-corrected chi connectivity index (χ2v) is 5.08. The lowest BCUT2D eigenvalue weighted by molar-refractivity contribution is 0.765. The zero-order chi connectivity index (χ0) is 12.4. The third-order valence-corrected chi connectivity index (χ3v) is 3.91. The van der Waals surface area contributed by atoms with Gasteiger partial charge in [-0.3, -0.25) is 0 Å². The molecule has 2 N–H and O–H groups in total. The molecule has 0 bridgehead atoms. The van der Waals surface area contributed by atoms with Gasteiger partial charge >= 0.3 is 0 Å². The number of benzene rings is 1. The van der Waals surface area contributed by atoms with E-state index in [1.54, 1.807) is 17.8 Å². The monoisotopic (exact) mass is 268 g/mol. The van der Waals surface area contributed by atoms with Crippen LogP contribution in [0.1, 0.15) is 11.4 Å². The molecule has 0 fully saturated rings. The van der Waals surface area contributed by atoms with Crippen molar-refractivity contribution in [3.63, 3.8) is 0 Å². The van der Waals surface area contributed by atoms with Gasteiger partial charge in [0.25, 0.3) is 0 Å². The van der Waals surface area contributed by atoms with Crippen molar-refractivity contribution >= 4 is 29.1 Å². The van der Waals surface area contributed by atoms with Crippen molar-refractivity contribution in [2.45, 2.75) is 17.8 Å². The van der Waals surface area contributed by atoms with Crippen molar-refractivity contribution in [2.24, 2.45) is 7.05 Å². The van der Waals surface area contributed by atoms with Gasteiger partial charge < -0.3 is 10.3 Å². The summed E-state index contributed by atoms with van der Waals surface area (Å²) in [4.78, 5) is 0. The molecular formula is C11H13ClN4S. The van der Waals surface area contributed by atoms with Gasteiger partial charge in [-0.2, -0.15) is 0 Å². The Morgan fingerprint density at radius 2 is 2.18 bits per heavy atom. The Hall–Kier alpha value is -1.20. The fraction of sp³-hybridized carbons (Fsp3) is 0.273. The van der Waals surface area contributed by atoms with Crippen LogP contribution in [0.15, 0.2) is 23.4 Å². The van der Waals surface area contributed by atoms with Gasteiger partial charge in [0.1, 0.15) is 5.82 Å². The molecule has 0 amide bonds. The molecule has 2 rings (SSSR count). The minimum Gasteiger partial charge on any atom is -0.399 e. The molecule has 0 aliphatic carbocycles. The Morgan fingerprint density at radius 3 is 2.76 bits per heavy atom. The van der Waals surface area contributed by atoms with Crippen LogP contribution in [0, 0.1) is 6.92 Å². The van der Waals surface area contributed by atoms with E-state index < -0.39 is 0 Å². The van der Waals surface area contributed by atoms with Gasteiger partial charge in [-0.25, -0.2) is 0 Å². The first-order chi connectivity index (χ1) is 8.08. The molecule has 0 spiro atoms. The quantitative estimate of drug-likeness (QED) is 0.687. The molecule has 1 heterocycles. The van der Waals surface area contributed by atoms with Crippen molar-refractivity contribution in [3.05, 3.63) is 34.6 Å². The highest BCUT2D eigenvalue weighted by Crippen LogP contribution is 2.26. The van der Waals surface area contributed by atoms with E-state index in [0.717, 1.165) is 22.3 Å². The predicted octanol–water partition coefficient (Wildman–Crippen LogP) is 2.65. The van der Waals surface area contributed by atoms with Crippen LogP contribution in [0.4, 0.5) is 5.69 Å². The lowest BCUT2D eigenvalue weighted by atomic mass is 10.2. The van der Waals surface area contributed by atoms with Gasteiger partial charge in [-0.1, -0.05) is 29.4 Å². The number of halogens is 1. The van der Waals surface area contributed by atoms with E-state index in [1.807, 2.05) is 30.7 Å². The molecule has 1 aromatic heterocycles. The molecule has 0 saturated heterocycles. The van der Waals surface area contributed by atoms with Crippen molar-refractivity contribution in [3.8, 4) is 0 Å². The number of hydrogen-bond acceptors (Lipinski definition) is 4. The maximum Gasteiger partial charge on any atom is 0.191 e. The number of nitrogens with zero attached hydrogens (tertiary/aromatic N) is 3. The van der Waals surface area contributed by atoms with Crippen LogP contribution in [0.25, 0.3) is 0 Å². The third-order valence-electron chi connectivity index (χ3n) is 2.49. The van der Waals surface area contributed by atoms with E-state index in [4.69, 9.17) is 17.3 Å². The van der Waals surface area contributed by atoms with E-state index in [0.29, 0.717) is 10.7 Å². The van der Waals surface area contributed by atoms with Crippen LogP contribution in [-0.2, 0) is 12.8 Å². The van der Waals surface area contributed by atoms with Crippen LogP contribution >= 0.6 is 23.4 Å². The molecule has 0 radical (unpaired) electrons. The van der Waals surface area contributed by atoms with E-state index in [9.17, 15) is 0 Å². The summed E-state index contributed by atoms with van der Waals surface area (Å²) in [6, 6.07) is 5.55. The summed E-state index contributed by atoms with van der Waals surface area (Å²) in [5, 5.41) is 9.67. The van der Waals surface area contributed by atoms with E-state index in [-0.39, 0.29) is 0 Å². The summed E-state index contributed by atoms with van der Waals surface area (Å²) >= 11 is 7.71. The second-order valence-electron chi connectivity index (χ2n) is 3.73. The van der Waals surface area contributed by atoms with Crippen LogP contribution in [0.2, 0.25) is 5.02 Å². The van der Waals surface area contributed by atoms with Gasteiger partial charge in [0.05, 0.1) is 0 Å². The van der Waals surface area contributed by atoms with E-state index >= 15 is 0 Å². The van der Waals surface area contributed by atoms with Crippen molar-refractivity contribution < 1.29 is 0 Å². The smallest absolute Gasteiger partial charge is 0.191 e. The fourth-order valence-corrected chi connectivity index (χ4v) is 2.63. The highest BCUT2D eigenvalue weighted by atomic mass is 35.5. The zero-order valence-electron chi connectivity index (χ0n) is 9.64. The van der Waals surface area contributed by atoms with Crippen LogP contribution < -0.4 is 5.73 Å². The van der Waals surface area contributed by atoms with Gasteiger partial charge in [0.2, 0.25) is 0 Å². The second kappa shape index (κ2) is 4.98. The molecule has 4 nitrogen and oxygen atoms in total. The molecule has 90 valence electrons. The highest BCUT2D eigenvalue weighted by Gasteiger charge is 2.07. The molecule has 6 heteroatoms. The fourth-order valence-electron chi connectivity index (χ4n) is 1.34. The number of anilines is 1. The summed E-state index contributed by atoms with van der Waals surface area (Å²) in [5.74, 6) is 1.65. The molecule has 2 aromatic rings. The molecule has 0 aliphatic heterocycles. The largest absolute Gasteiger partial charge is 0.399 e. The van der Waals surface area contributed by atoms with Gasteiger partial charge in [0, 0.05) is 23.5 Å². The minimum absolute atomic E-state index is 0.679. The maximum absolute atomic E-state index is 6.10. The predicted molar refractivity (Wildman–Crippen MR) is 71.2 cm³/mol. The Kier molecular flexibility index (Phi) is 3.59. The Balaban J connectivity index is 2.10. The number of aryl methyl sites for hydroxylation is 1. The lowest BCUT2D eigenvalue weighted by Gasteiger charge is -2.05. The van der Waals surface area contributed by atoms with Crippen LogP contribution in [0.5, 0.6) is 0 Å². The number of nitrogen functional groups attached to an aromatic ring is 1. The average Bonchev–Trinajstić information content (AvgIpc) is 2.59. The zero-order valence-corrected chi connectivity index (χ0v) is 11.2. The molecule has 0 unspecified atom stereocenters. The van der Waals surface area contributed by atoms with Crippen molar-refractivity contribution in [1.29, 1.82) is 0 Å². The normalized spacial score (nSPS) is 10.8. The first-order valence-corrected chi connectivity index (χ1v) is 6.47. The summed E-state index contributed by atoms with van der Waals surface area (Å²) in [7, 11) is 1.95. The molecular weight excluding hydrogens is 256 g/mol. The highest BCUT2D eigenvalue weighted by molar-refractivity contribution is 7.98. The standard InChI is InChI=1S/C11H13ClN4S/c1-7-14-15-11(16(7)2)17-6-8-3-4-9(13)5-10(8)12/h3-5H,6,13H2,1-2H3. The number of aromatic nitrogens is 3. The first-order valence-electron chi connectivity index (χ1n) is 5.10. The summed E-state index contributed by atoms with van der Waals surface area (Å²) in [6.45, 7) is 1.92. The molecule has 0 atom stereocenters. The summed E-state index contributed by atoms with van der Waals surface area (Å²) < 4.78 is 1.95. The SMILES string of the molecule is Cc1nnc(SCc2ccc(N)cc2Cl)n1C. The molecule has 0 aliphatic rings. The van der Waals surface area contributed by atoms with Crippen LogP contribution in [0.3, 0.4) is 0 Å². The minimum atomic E-state index is 0.679. The number of hydrogen-bond donors (Lipinski definition) is 1. The number of rotatable bonds is 3. The number of nitrogens with two attached hydrogens (primary N) is 1. The first kappa shape index (κ1) is 12.3. The Morgan fingerprint density at radius 1 is 1.41 bits per heavy atom. The van der Waals surface area contributed by atoms with E-state index in [1.165, 1.54) is 0 Å². The average molecular weight is 269 g/mol. The maximum atomic E-state index is 6.10. The molecule has 1 aromatic carbocycles. The van der Waals surface area contributed by atoms with Gasteiger partial charge in [-0.05, 0) is 24.6 Å². The van der Waals surface area contributed by atoms with Crippen molar-refractivity contribution in [1.82, 2.24) is 14.8 Å². The van der Waals surface area contributed by atoms with Gasteiger partial charge in [-0.15, -0.1) is 10.2 Å². The topological polar surface area (TPSA) is 56.7 Å². The third kappa shape index (κ3) is 2.73.